The molecule has 0 radical (unpaired) electrons. The van der Waals surface area contributed by atoms with Gasteiger partial charge in [-0.2, -0.15) is 0 Å². The lowest BCUT2D eigenvalue weighted by Crippen LogP contribution is -2.33. The molecular formula is C26H25ClN4O2S. The van der Waals surface area contributed by atoms with Gasteiger partial charge in [0.05, 0.1) is 5.75 Å². The number of amides is 1. The zero-order valence-corrected chi connectivity index (χ0v) is 20.5. The number of hydrogen-bond acceptors (Lipinski definition) is 5. The lowest BCUT2D eigenvalue weighted by molar-refractivity contribution is -0.119. The van der Waals surface area contributed by atoms with Gasteiger partial charge in [0.15, 0.2) is 11.0 Å². The molecule has 1 unspecified atom stereocenters. The number of hydrogen-bond donors (Lipinski definition) is 1. The molecule has 1 aromatic heterocycles. The normalized spacial score (nSPS) is 11.7. The van der Waals surface area contributed by atoms with Crippen LogP contribution in [0, 0.1) is 0 Å². The maximum Gasteiger partial charge on any atom is 0.230 e. The third-order valence-electron chi connectivity index (χ3n) is 5.16. The zero-order chi connectivity index (χ0) is 23.9. The van der Waals surface area contributed by atoms with E-state index < -0.39 is 0 Å². The van der Waals surface area contributed by atoms with E-state index in [-0.39, 0.29) is 17.7 Å². The standard InChI is InChI=1S/C26H25ClN4O2S/c1-3-18(2)28-24(32)17-34-26-30-29-25(19-9-11-20(27)12-10-19)31(26)21-13-15-23(16-14-21)33-22-7-5-4-6-8-22/h4-16,18H,3,17H2,1-2H3,(H,28,32). The van der Waals surface area contributed by atoms with E-state index in [4.69, 9.17) is 16.3 Å². The minimum atomic E-state index is -0.0337. The van der Waals surface area contributed by atoms with E-state index in [1.807, 2.05) is 97.3 Å². The molecule has 34 heavy (non-hydrogen) atoms. The molecule has 0 fully saturated rings. The number of benzene rings is 3. The second kappa shape index (κ2) is 11.2. The lowest BCUT2D eigenvalue weighted by atomic mass is 10.2. The fourth-order valence-electron chi connectivity index (χ4n) is 3.22. The fraction of sp³-hybridized carbons (Fsp3) is 0.192. The average molecular weight is 493 g/mol. The molecule has 174 valence electrons. The van der Waals surface area contributed by atoms with E-state index in [1.165, 1.54) is 11.8 Å². The van der Waals surface area contributed by atoms with Gasteiger partial charge in [-0.1, -0.05) is 48.5 Å². The number of aromatic nitrogens is 3. The first-order valence-corrected chi connectivity index (χ1v) is 12.4. The second-order valence-electron chi connectivity index (χ2n) is 7.72. The number of nitrogens with one attached hydrogen (secondary N) is 1. The fourth-order valence-corrected chi connectivity index (χ4v) is 4.11. The monoisotopic (exact) mass is 492 g/mol. The summed E-state index contributed by atoms with van der Waals surface area (Å²) in [6.07, 6.45) is 0.880. The molecule has 0 aliphatic heterocycles. The molecule has 4 aromatic rings. The van der Waals surface area contributed by atoms with Crippen molar-refractivity contribution < 1.29 is 9.53 Å². The first kappa shape index (κ1) is 23.9. The number of halogens is 1. The number of para-hydroxylation sites is 1. The Hall–Kier alpha value is -3.29. The molecule has 0 bridgehead atoms. The highest BCUT2D eigenvalue weighted by Gasteiger charge is 2.18. The molecule has 0 saturated carbocycles. The van der Waals surface area contributed by atoms with Crippen LogP contribution in [0.2, 0.25) is 5.02 Å². The van der Waals surface area contributed by atoms with Crippen molar-refractivity contribution in [3.8, 4) is 28.6 Å². The smallest absolute Gasteiger partial charge is 0.230 e. The minimum Gasteiger partial charge on any atom is -0.457 e. The highest BCUT2D eigenvalue weighted by molar-refractivity contribution is 7.99. The summed E-state index contributed by atoms with van der Waals surface area (Å²) < 4.78 is 7.86. The van der Waals surface area contributed by atoms with Crippen LogP contribution in [0.3, 0.4) is 0 Å². The lowest BCUT2D eigenvalue weighted by Gasteiger charge is -2.13. The summed E-state index contributed by atoms with van der Waals surface area (Å²) in [5.41, 5.74) is 1.73. The van der Waals surface area contributed by atoms with Crippen LogP contribution in [0.5, 0.6) is 11.5 Å². The third kappa shape index (κ3) is 5.98. The van der Waals surface area contributed by atoms with E-state index in [9.17, 15) is 4.79 Å². The van der Waals surface area contributed by atoms with E-state index in [0.29, 0.717) is 16.0 Å². The number of carbonyl (C=O) groups is 1. The maximum atomic E-state index is 12.3. The van der Waals surface area contributed by atoms with Crippen molar-refractivity contribution in [2.45, 2.75) is 31.5 Å². The van der Waals surface area contributed by atoms with Crippen molar-refractivity contribution in [1.29, 1.82) is 0 Å². The van der Waals surface area contributed by atoms with Gasteiger partial charge in [-0.05, 0) is 74.0 Å². The summed E-state index contributed by atoms with van der Waals surface area (Å²) in [5, 5.41) is 13.1. The Kier molecular flexibility index (Phi) is 7.87. The first-order chi connectivity index (χ1) is 16.5. The summed E-state index contributed by atoms with van der Waals surface area (Å²) in [7, 11) is 0. The molecule has 4 rings (SSSR count). The van der Waals surface area contributed by atoms with Gasteiger partial charge in [0, 0.05) is 22.3 Å². The van der Waals surface area contributed by atoms with Gasteiger partial charge in [-0.3, -0.25) is 9.36 Å². The van der Waals surface area contributed by atoms with E-state index in [1.54, 1.807) is 0 Å². The Bertz CT molecular complexity index is 1230. The SMILES string of the molecule is CCC(C)NC(=O)CSc1nnc(-c2ccc(Cl)cc2)n1-c1ccc(Oc2ccccc2)cc1. The molecule has 0 aliphatic rings. The Morgan fingerprint density at radius 2 is 1.68 bits per heavy atom. The van der Waals surface area contributed by atoms with Crippen LogP contribution in [0.15, 0.2) is 84.0 Å². The maximum absolute atomic E-state index is 12.3. The van der Waals surface area contributed by atoms with Crippen LogP contribution in [-0.4, -0.2) is 32.5 Å². The Morgan fingerprint density at radius 3 is 2.35 bits per heavy atom. The van der Waals surface area contributed by atoms with Crippen LogP contribution in [-0.2, 0) is 4.79 Å². The molecule has 1 atom stereocenters. The quantitative estimate of drug-likeness (QED) is 0.274. The van der Waals surface area contributed by atoms with Gasteiger partial charge in [0.1, 0.15) is 11.5 Å². The summed E-state index contributed by atoms with van der Waals surface area (Å²) >= 11 is 7.43. The molecule has 0 spiro atoms. The van der Waals surface area contributed by atoms with Gasteiger partial charge >= 0.3 is 0 Å². The predicted molar refractivity (Wildman–Crippen MR) is 137 cm³/mol. The molecule has 8 heteroatoms. The molecular weight excluding hydrogens is 468 g/mol. The van der Waals surface area contributed by atoms with Crippen molar-refractivity contribution >= 4 is 29.3 Å². The van der Waals surface area contributed by atoms with E-state index >= 15 is 0 Å². The van der Waals surface area contributed by atoms with Crippen molar-refractivity contribution in [2.75, 3.05) is 5.75 Å². The molecule has 3 aromatic carbocycles. The Morgan fingerprint density at radius 1 is 1.00 bits per heavy atom. The molecule has 1 amide bonds. The molecule has 0 aliphatic carbocycles. The summed E-state index contributed by atoms with van der Waals surface area (Å²) in [5.74, 6) is 2.37. The van der Waals surface area contributed by atoms with Gasteiger partial charge in [-0.15, -0.1) is 10.2 Å². The van der Waals surface area contributed by atoms with E-state index in [2.05, 4.69) is 15.5 Å². The van der Waals surface area contributed by atoms with Gasteiger partial charge in [-0.25, -0.2) is 0 Å². The van der Waals surface area contributed by atoms with Crippen molar-refractivity contribution in [1.82, 2.24) is 20.1 Å². The molecule has 0 saturated heterocycles. The number of carbonyl (C=O) groups excluding carboxylic acids is 1. The molecule has 1 heterocycles. The Labute approximate surface area is 208 Å². The number of rotatable bonds is 9. The van der Waals surface area contributed by atoms with Crippen LogP contribution >= 0.6 is 23.4 Å². The van der Waals surface area contributed by atoms with Gasteiger partial charge in [0.25, 0.3) is 0 Å². The van der Waals surface area contributed by atoms with Crippen LogP contribution in [0.4, 0.5) is 0 Å². The number of thioether (sulfide) groups is 1. The Balaban J connectivity index is 1.62. The largest absolute Gasteiger partial charge is 0.457 e. The first-order valence-electron chi connectivity index (χ1n) is 11.0. The number of nitrogens with zero attached hydrogens (tertiary/aromatic N) is 3. The van der Waals surface area contributed by atoms with Crippen molar-refractivity contribution in [3.05, 3.63) is 83.9 Å². The highest BCUT2D eigenvalue weighted by atomic mass is 35.5. The number of ether oxygens (including phenoxy) is 1. The molecule has 6 nitrogen and oxygen atoms in total. The topological polar surface area (TPSA) is 69.0 Å². The van der Waals surface area contributed by atoms with Crippen LogP contribution < -0.4 is 10.1 Å². The minimum absolute atomic E-state index is 0.0337. The summed E-state index contributed by atoms with van der Waals surface area (Å²) in [6.45, 7) is 4.03. The predicted octanol–water partition coefficient (Wildman–Crippen LogP) is 6.39. The zero-order valence-electron chi connectivity index (χ0n) is 18.9. The van der Waals surface area contributed by atoms with Crippen LogP contribution in [0.1, 0.15) is 20.3 Å². The summed E-state index contributed by atoms with van der Waals surface area (Å²) in [6, 6.07) is 24.9. The van der Waals surface area contributed by atoms with Crippen molar-refractivity contribution in [3.63, 3.8) is 0 Å². The molecule has 1 N–H and O–H groups in total. The van der Waals surface area contributed by atoms with Crippen LogP contribution in [0.25, 0.3) is 17.1 Å². The van der Waals surface area contributed by atoms with Gasteiger partial charge in [0.2, 0.25) is 5.91 Å². The third-order valence-corrected chi connectivity index (χ3v) is 6.34. The highest BCUT2D eigenvalue weighted by Crippen LogP contribution is 2.30. The second-order valence-corrected chi connectivity index (χ2v) is 9.10. The average Bonchev–Trinajstić information content (AvgIpc) is 3.28. The van der Waals surface area contributed by atoms with Gasteiger partial charge < -0.3 is 10.1 Å². The van der Waals surface area contributed by atoms with Crippen molar-refractivity contribution in [2.24, 2.45) is 0 Å². The summed E-state index contributed by atoms with van der Waals surface area (Å²) in [4.78, 5) is 12.3. The van der Waals surface area contributed by atoms with E-state index in [0.717, 1.165) is 29.2 Å².